The predicted octanol–water partition coefficient (Wildman–Crippen LogP) is 2.84. The third kappa shape index (κ3) is 6.96. The molecule has 2 aliphatic heterocycles. The van der Waals surface area contributed by atoms with Crippen molar-refractivity contribution in [1.82, 2.24) is 15.5 Å². The van der Waals surface area contributed by atoms with Crippen LogP contribution in [0.3, 0.4) is 0 Å². The van der Waals surface area contributed by atoms with Gasteiger partial charge in [-0.15, -0.1) is 0 Å². The van der Waals surface area contributed by atoms with Crippen LogP contribution in [-0.2, 0) is 4.74 Å². The first-order valence-corrected chi connectivity index (χ1v) is 10.5. The number of carbonyl (C=O) groups excluding carboxylic acids is 1. The third-order valence-corrected chi connectivity index (χ3v) is 5.90. The molecule has 0 saturated carbocycles. The summed E-state index contributed by atoms with van der Waals surface area (Å²) in [5, 5.41) is 7.49. The first-order valence-electron chi connectivity index (χ1n) is 9.45. The summed E-state index contributed by atoms with van der Waals surface area (Å²) in [6.45, 7) is 8.16. The zero-order valence-electron chi connectivity index (χ0n) is 16.1. The van der Waals surface area contributed by atoms with Crippen molar-refractivity contribution in [3.63, 3.8) is 0 Å². The van der Waals surface area contributed by atoms with E-state index in [1.54, 1.807) is 7.05 Å². The molecule has 6 nitrogen and oxygen atoms in total. The SMILES string of the molecule is CN=C(NCC1CCCS1)NCC1CCCCN1C(=O)OC(C)(C)C. The fourth-order valence-electron chi connectivity index (χ4n) is 3.22. The lowest BCUT2D eigenvalue weighted by atomic mass is 10.0. The third-order valence-electron chi connectivity index (χ3n) is 4.51. The molecular formula is C18H34N4O2S. The van der Waals surface area contributed by atoms with Crippen molar-refractivity contribution in [3.8, 4) is 0 Å². The number of piperidine rings is 1. The molecule has 144 valence electrons. The van der Waals surface area contributed by atoms with Crippen LogP contribution in [0.5, 0.6) is 0 Å². The van der Waals surface area contributed by atoms with Gasteiger partial charge in [0.05, 0.1) is 6.04 Å². The number of carbonyl (C=O) groups is 1. The minimum absolute atomic E-state index is 0.156. The Kier molecular flexibility index (Phi) is 7.72. The lowest BCUT2D eigenvalue weighted by molar-refractivity contribution is 0.0104. The quantitative estimate of drug-likeness (QED) is 0.588. The van der Waals surface area contributed by atoms with E-state index in [9.17, 15) is 4.79 Å². The van der Waals surface area contributed by atoms with Gasteiger partial charge in [0.1, 0.15) is 5.60 Å². The molecule has 2 saturated heterocycles. The van der Waals surface area contributed by atoms with E-state index in [1.807, 2.05) is 37.4 Å². The average molecular weight is 371 g/mol. The second-order valence-electron chi connectivity index (χ2n) is 7.79. The molecule has 0 aromatic heterocycles. The molecule has 0 spiro atoms. The molecule has 2 unspecified atom stereocenters. The Balaban J connectivity index is 1.81. The smallest absolute Gasteiger partial charge is 0.410 e. The van der Waals surface area contributed by atoms with Gasteiger partial charge < -0.3 is 20.3 Å². The fourth-order valence-corrected chi connectivity index (χ4v) is 4.43. The summed E-state index contributed by atoms with van der Waals surface area (Å²) in [7, 11) is 1.80. The molecule has 0 aliphatic carbocycles. The number of hydrogen-bond acceptors (Lipinski definition) is 4. The zero-order valence-corrected chi connectivity index (χ0v) is 17.0. The van der Waals surface area contributed by atoms with E-state index < -0.39 is 5.60 Å². The first-order chi connectivity index (χ1) is 11.9. The summed E-state index contributed by atoms with van der Waals surface area (Å²) in [5.74, 6) is 2.09. The van der Waals surface area contributed by atoms with E-state index in [1.165, 1.54) is 18.6 Å². The number of nitrogens with one attached hydrogen (secondary N) is 2. The molecule has 0 bridgehead atoms. The highest BCUT2D eigenvalue weighted by Gasteiger charge is 2.30. The number of amides is 1. The predicted molar refractivity (Wildman–Crippen MR) is 105 cm³/mol. The van der Waals surface area contributed by atoms with Crippen LogP contribution in [0.4, 0.5) is 4.79 Å². The van der Waals surface area contributed by atoms with E-state index in [-0.39, 0.29) is 12.1 Å². The van der Waals surface area contributed by atoms with Crippen molar-refractivity contribution in [2.75, 3.05) is 32.4 Å². The minimum atomic E-state index is -0.455. The summed E-state index contributed by atoms with van der Waals surface area (Å²) >= 11 is 2.04. The van der Waals surface area contributed by atoms with Gasteiger partial charge in [-0.2, -0.15) is 11.8 Å². The molecule has 7 heteroatoms. The number of thioether (sulfide) groups is 1. The second kappa shape index (κ2) is 9.55. The van der Waals surface area contributed by atoms with Gasteiger partial charge in [-0.05, 0) is 58.6 Å². The van der Waals surface area contributed by atoms with E-state index in [0.29, 0.717) is 11.8 Å². The molecule has 0 radical (unpaired) electrons. The molecule has 2 N–H and O–H groups in total. The second-order valence-corrected chi connectivity index (χ2v) is 9.20. The summed E-state index contributed by atoms with van der Waals surface area (Å²) in [6, 6.07) is 0.156. The Labute approximate surface area is 156 Å². The highest BCUT2D eigenvalue weighted by molar-refractivity contribution is 8.00. The Bertz CT molecular complexity index is 458. The van der Waals surface area contributed by atoms with Crippen LogP contribution >= 0.6 is 11.8 Å². The van der Waals surface area contributed by atoms with Crippen LogP contribution in [0, 0.1) is 0 Å². The molecule has 2 heterocycles. The van der Waals surface area contributed by atoms with Crippen molar-refractivity contribution in [2.45, 2.75) is 69.8 Å². The van der Waals surface area contributed by atoms with Crippen molar-refractivity contribution in [2.24, 2.45) is 4.99 Å². The van der Waals surface area contributed by atoms with Gasteiger partial charge in [0.25, 0.3) is 0 Å². The average Bonchev–Trinajstić information content (AvgIpc) is 3.07. The molecule has 2 fully saturated rings. The molecule has 2 atom stereocenters. The fraction of sp³-hybridized carbons (Fsp3) is 0.889. The van der Waals surface area contributed by atoms with Crippen LogP contribution in [0.1, 0.15) is 52.9 Å². The number of rotatable bonds is 4. The van der Waals surface area contributed by atoms with Crippen molar-refractivity contribution in [1.29, 1.82) is 0 Å². The van der Waals surface area contributed by atoms with E-state index in [4.69, 9.17) is 4.74 Å². The van der Waals surface area contributed by atoms with Crippen LogP contribution in [-0.4, -0.2) is 66.3 Å². The number of ether oxygens (including phenoxy) is 1. The van der Waals surface area contributed by atoms with Crippen LogP contribution in [0.25, 0.3) is 0 Å². The monoisotopic (exact) mass is 370 g/mol. The molecule has 2 aliphatic rings. The zero-order chi connectivity index (χ0) is 18.3. The lowest BCUT2D eigenvalue weighted by Gasteiger charge is -2.37. The maximum absolute atomic E-state index is 12.5. The Morgan fingerprint density at radius 3 is 2.60 bits per heavy atom. The summed E-state index contributed by atoms with van der Waals surface area (Å²) in [6.07, 6.45) is 5.59. The van der Waals surface area contributed by atoms with Crippen molar-refractivity contribution >= 4 is 23.8 Å². The van der Waals surface area contributed by atoms with Crippen LogP contribution in [0.15, 0.2) is 4.99 Å². The van der Waals surface area contributed by atoms with Crippen LogP contribution in [0.2, 0.25) is 0 Å². The maximum Gasteiger partial charge on any atom is 0.410 e. The number of likely N-dealkylation sites (tertiary alicyclic amines) is 1. The van der Waals surface area contributed by atoms with E-state index in [2.05, 4.69) is 15.6 Å². The number of nitrogens with zero attached hydrogens (tertiary/aromatic N) is 2. The van der Waals surface area contributed by atoms with Crippen molar-refractivity contribution < 1.29 is 9.53 Å². The molecule has 0 aromatic carbocycles. The van der Waals surface area contributed by atoms with E-state index in [0.717, 1.165) is 38.3 Å². The molecule has 1 amide bonds. The van der Waals surface area contributed by atoms with Crippen molar-refractivity contribution in [3.05, 3.63) is 0 Å². The Hall–Kier alpha value is -1.11. The van der Waals surface area contributed by atoms with Gasteiger partial charge in [-0.1, -0.05) is 0 Å². The summed E-state index contributed by atoms with van der Waals surface area (Å²) in [5.41, 5.74) is -0.455. The normalized spacial score (nSPS) is 25.0. The molecule has 2 rings (SSSR count). The number of aliphatic imine (C=N–C) groups is 1. The number of guanidine groups is 1. The topological polar surface area (TPSA) is 66.0 Å². The number of hydrogen-bond donors (Lipinski definition) is 2. The Morgan fingerprint density at radius 2 is 1.96 bits per heavy atom. The maximum atomic E-state index is 12.5. The first kappa shape index (κ1) is 20.2. The van der Waals surface area contributed by atoms with Crippen LogP contribution < -0.4 is 10.6 Å². The summed E-state index contributed by atoms with van der Waals surface area (Å²) in [4.78, 5) is 18.7. The van der Waals surface area contributed by atoms with E-state index >= 15 is 0 Å². The lowest BCUT2D eigenvalue weighted by Crippen LogP contribution is -2.52. The van der Waals surface area contributed by atoms with Gasteiger partial charge in [0.15, 0.2) is 5.96 Å². The highest BCUT2D eigenvalue weighted by atomic mass is 32.2. The van der Waals surface area contributed by atoms with Gasteiger partial charge in [-0.3, -0.25) is 4.99 Å². The van der Waals surface area contributed by atoms with Gasteiger partial charge in [-0.25, -0.2) is 4.79 Å². The minimum Gasteiger partial charge on any atom is -0.444 e. The van der Waals surface area contributed by atoms with Gasteiger partial charge in [0, 0.05) is 31.9 Å². The van der Waals surface area contributed by atoms with Gasteiger partial charge in [0.2, 0.25) is 0 Å². The highest BCUT2D eigenvalue weighted by Crippen LogP contribution is 2.25. The largest absolute Gasteiger partial charge is 0.444 e. The molecule has 0 aromatic rings. The summed E-state index contributed by atoms with van der Waals surface area (Å²) < 4.78 is 5.57. The molecule has 25 heavy (non-hydrogen) atoms. The molecular weight excluding hydrogens is 336 g/mol. The van der Waals surface area contributed by atoms with Gasteiger partial charge >= 0.3 is 6.09 Å². The Morgan fingerprint density at radius 1 is 1.20 bits per heavy atom. The standard InChI is InChI=1S/C18H34N4O2S/c1-18(2,3)24-17(23)22-10-6-5-8-14(22)12-20-16(19-4)21-13-15-9-7-11-25-15/h14-15H,5-13H2,1-4H3,(H2,19,20,21).